The fraction of sp³-hybridized carbons (Fsp3) is 0.391. The molecule has 1 fully saturated rings. The Balaban J connectivity index is 1.62. The molecule has 1 aliphatic rings. The van der Waals surface area contributed by atoms with Crippen molar-refractivity contribution in [2.75, 3.05) is 13.2 Å². The van der Waals surface area contributed by atoms with E-state index in [2.05, 4.69) is 30.5 Å². The van der Waals surface area contributed by atoms with Crippen LogP contribution < -0.4 is 4.74 Å². The van der Waals surface area contributed by atoms with Crippen LogP contribution in [0.3, 0.4) is 0 Å². The number of aryl methyl sites for hydroxylation is 1. The van der Waals surface area contributed by atoms with Crippen LogP contribution in [0.1, 0.15) is 42.8 Å². The third-order valence-corrected chi connectivity index (χ3v) is 5.77. The van der Waals surface area contributed by atoms with Crippen molar-refractivity contribution in [2.24, 2.45) is 0 Å². The number of nitrogens with zero attached hydrogens (tertiary/aromatic N) is 3. The van der Waals surface area contributed by atoms with E-state index in [4.69, 9.17) is 9.72 Å². The third kappa shape index (κ3) is 3.37. The van der Waals surface area contributed by atoms with Gasteiger partial charge in [-0.05, 0) is 56.0 Å². The molecule has 0 unspecified atom stereocenters. The Morgan fingerprint density at radius 2 is 2.00 bits per heavy atom. The van der Waals surface area contributed by atoms with Crippen LogP contribution in [-0.4, -0.2) is 33.5 Å². The maximum Gasteiger partial charge on any atom is 0.220 e. The van der Waals surface area contributed by atoms with Gasteiger partial charge in [0.15, 0.2) is 0 Å². The number of amides is 1. The van der Waals surface area contributed by atoms with Crippen LogP contribution in [0.15, 0.2) is 42.5 Å². The molecule has 0 radical (unpaired) electrons. The van der Waals surface area contributed by atoms with Gasteiger partial charge >= 0.3 is 0 Å². The summed E-state index contributed by atoms with van der Waals surface area (Å²) in [6, 6.07) is 14.4. The molecule has 1 aliphatic heterocycles. The van der Waals surface area contributed by atoms with Crippen molar-refractivity contribution >= 4 is 16.9 Å². The van der Waals surface area contributed by atoms with Gasteiger partial charge in [0.25, 0.3) is 0 Å². The summed E-state index contributed by atoms with van der Waals surface area (Å²) >= 11 is 0. The van der Waals surface area contributed by atoms with Crippen molar-refractivity contribution in [3.8, 4) is 5.75 Å². The molecule has 2 aromatic carbocycles. The molecule has 0 spiro atoms. The number of carbonyl (C=O) groups is 1. The molecule has 0 bridgehead atoms. The highest BCUT2D eigenvalue weighted by Crippen LogP contribution is 2.33. The van der Waals surface area contributed by atoms with Crippen molar-refractivity contribution in [3.05, 3.63) is 59.4 Å². The molecular weight excluding hydrogens is 350 g/mol. The maximum atomic E-state index is 12.1. The van der Waals surface area contributed by atoms with E-state index in [9.17, 15) is 4.79 Å². The standard InChI is InChI=1S/C23H27N3O2/c1-16-8-6-12-22(17(16)2)28-15-14-26-20-10-5-4-9-19(20)24-23(26)21-11-7-13-25(21)18(3)27/h4-6,8-10,12,21H,7,11,13-15H2,1-3H3/t21-/m0/s1. The fourth-order valence-corrected chi connectivity index (χ4v) is 4.12. The van der Waals surface area contributed by atoms with E-state index in [0.717, 1.165) is 42.0 Å². The number of benzene rings is 2. The molecule has 3 aromatic rings. The molecular formula is C23H27N3O2. The SMILES string of the molecule is CC(=O)N1CCC[C@H]1c1nc2ccccc2n1CCOc1cccc(C)c1C. The normalized spacial score (nSPS) is 16.7. The first-order valence-electron chi connectivity index (χ1n) is 9.97. The molecule has 1 amide bonds. The molecule has 146 valence electrons. The first-order chi connectivity index (χ1) is 13.6. The molecule has 0 saturated carbocycles. The van der Waals surface area contributed by atoms with Crippen LogP contribution in [0.4, 0.5) is 0 Å². The zero-order valence-electron chi connectivity index (χ0n) is 16.8. The van der Waals surface area contributed by atoms with Gasteiger partial charge in [-0.15, -0.1) is 0 Å². The molecule has 0 aliphatic carbocycles. The van der Waals surface area contributed by atoms with Gasteiger partial charge in [-0.2, -0.15) is 0 Å². The highest BCUT2D eigenvalue weighted by Gasteiger charge is 2.32. The minimum absolute atomic E-state index is 0.0469. The summed E-state index contributed by atoms with van der Waals surface area (Å²) in [6.45, 7) is 7.90. The summed E-state index contributed by atoms with van der Waals surface area (Å²) in [7, 11) is 0. The van der Waals surface area contributed by atoms with Gasteiger partial charge in [0.2, 0.25) is 5.91 Å². The Bertz CT molecular complexity index is 1010. The molecule has 5 nitrogen and oxygen atoms in total. The fourth-order valence-electron chi connectivity index (χ4n) is 4.12. The van der Waals surface area contributed by atoms with E-state index in [1.54, 1.807) is 6.92 Å². The summed E-state index contributed by atoms with van der Waals surface area (Å²) < 4.78 is 8.33. The lowest BCUT2D eigenvalue weighted by Crippen LogP contribution is -2.30. The summed E-state index contributed by atoms with van der Waals surface area (Å²) in [6.07, 6.45) is 1.98. The lowest BCUT2D eigenvalue weighted by Gasteiger charge is -2.24. The largest absolute Gasteiger partial charge is 0.491 e. The number of aromatic nitrogens is 2. The molecule has 1 atom stereocenters. The van der Waals surface area contributed by atoms with E-state index in [1.807, 2.05) is 35.2 Å². The van der Waals surface area contributed by atoms with Gasteiger partial charge in [0.1, 0.15) is 18.2 Å². The second-order valence-corrected chi connectivity index (χ2v) is 7.53. The second kappa shape index (κ2) is 7.66. The Kier molecular flexibility index (Phi) is 5.07. The van der Waals surface area contributed by atoms with Gasteiger partial charge < -0.3 is 14.2 Å². The van der Waals surface area contributed by atoms with Crippen molar-refractivity contribution in [1.82, 2.24) is 14.5 Å². The van der Waals surface area contributed by atoms with Crippen LogP contribution in [0, 0.1) is 13.8 Å². The van der Waals surface area contributed by atoms with Gasteiger partial charge in [-0.1, -0.05) is 24.3 Å². The number of carbonyl (C=O) groups excluding carboxylic acids is 1. The smallest absolute Gasteiger partial charge is 0.220 e. The zero-order chi connectivity index (χ0) is 19.7. The molecule has 5 heteroatoms. The average Bonchev–Trinajstić information content (AvgIpc) is 3.30. The number of likely N-dealkylation sites (tertiary alicyclic amines) is 1. The third-order valence-electron chi connectivity index (χ3n) is 5.77. The van der Waals surface area contributed by atoms with Crippen molar-refractivity contribution in [1.29, 1.82) is 0 Å². The number of ether oxygens (including phenoxy) is 1. The number of hydrogen-bond donors (Lipinski definition) is 0. The summed E-state index contributed by atoms with van der Waals surface area (Å²) in [5.41, 5.74) is 4.48. The van der Waals surface area contributed by atoms with Gasteiger partial charge in [0, 0.05) is 13.5 Å². The number of imidazole rings is 1. The lowest BCUT2D eigenvalue weighted by molar-refractivity contribution is -0.129. The average molecular weight is 377 g/mol. The van der Waals surface area contributed by atoms with Gasteiger partial charge in [0.05, 0.1) is 23.6 Å². The predicted octanol–water partition coefficient (Wildman–Crippen LogP) is 4.42. The first-order valence-corrected chi connectivity index (χ1v) is 9.97. The highest BCUT2D eigenvalue weighted by molar-refractivity contribution is 5.77. The van der Waals surface area contributed by atoms with Crippen LogP contribution >= 0.6 is 0 Å². The molecule has 1 aromatic heterocycles. The van der Waals surface area contributed by atoms with Gasteiger partial charge in [-0.3, -0.25) is 4.79 Å². The quantitative estimate of drug-likeness (QED) is 0.661. The Morgan fingerprint density at radius 1 is 1.18 bits per heavy atom. The van der Waals surface area contributed by atoms with Gasteiger partial charge in [-0.25, -0.2) is 4.98 Å². The molecule has 28 heavy (non-hydrogen) atoms. The van der Waals surface area contributed by atoms with Crippen molar-refractivity contribution in [2.45, 2.75) is 46.2 Å². The Morgan fingerprint density at radius 3 is 2.82 bits per heavy atom. The van der Waals surface area contributed by atoms with E-state index in [0.29, 0.717) is 13.2 Å². The Hall–Kier alpha value is -2.82. The van der Waals surface area contributed by atoms with E-state index >= 15 is 0 Å². The zero-order valence-corrected chi connectivity index (χ0v) is 16.8. The molecule has 2 heterocycles. The monoisotopic (exact) mass is 377 g/mol. The number of para-hydroxylation sites is 2. The summed E-state index contributed by atoms with van der Waals surface area (Å²) in [5.74, 6) is 2.02. The highest BCUT2D eigenvalue weighted by atomic mass is 16.5. The summed E-state index contributed by atoms with van der Waals surface area (Å²) in [4.78, 5) is 18.9. The van der Waals surface area contributed by atoms with E-state index in [1.165, 1.54) is 11.1 Å². The maximum absolute atomic E-state index is 12.1. The van der Waals surface area contributed by atoms with Crippen molar-refractivity contribution < 1.29 is 9.53 Å². The Labute approximate surface area is 165 Å². The minimum Gasteiger partial charge on any atom is -0.491 e. The minimum atomic E-state index is 0.0469. The van der Waals surface area contributed by atoms with Crippen molar-refractivity contribution in [3.63, 3.8) is 0 Å². The second-order valence-electron chi connectivity index (χ2n) is 7.53. The van der Waals surface area contributed by atoms with Crippen LogP contribution in [-0.2, 0) is 11.3 Å². The number of fused-ring (bicyclic) bond motifs is 1. The molecule has 0 N–H and O–H groups in total. The number of rotatable bonds is 5. The van der Waals surface area contributed by atoms with Crippen LogP contribution in [0.2, 0.25) is 0 Å². The number of hydrogen-bond acceptors (Lipinski definition) is 3. The molecule has 1 saturated heterocycles. The lowest BCUT2D eigenvalue weighted by atomic mass is 10.1. The topological polar surface area (TPSA) is 47.4 Å². The van der Waals surface area contributed by atoms with E-state index < -0.39 is 0 Å². The summed E-state index contributed by atoms with van der Waals surface area (Å²) in [5, 5.41) is 0. The predicted molar refractivity (Wildman–Crippen MR) is 111 cm³/mol. The van der Waals surface area contributed by atoms with Crippen LogP contribution in [0.5, 0.6) is 5.75 Å². The van der Waals surface area contributed by atoms with E-state index in [-0.39, 0.29) is 11.9 Å². The molecule has 4 rings (SSSR count). The van der Waals surface area contributed by atoms with Crippen LogP contribution in [0.25, 0.3) is 11.0 Å². The first kappa shape index (κ1) is 18.5.